The number of para-hydroxylation sites is 1. The topological polar surface area (TPSA) is 127 Å². The first-order chi connectivity index (χ1) is 16.6. The van der Waals surface area contributed by atoms with Crippen LogP contribution in [-0.2, 0) is 0 Å². The second-order valence-electron chi connectivity index (χ2n) is 7.39. The average Bonchev–Trinajstić information content (AvgIpc) is 3.21. The van der Waals surface area contributed by atoms with Crippen LogP contribution in [0.1, 0.15) is 0 Å². The number of hydrogen-bond acceptors (Lipinski definition) is 6. The quantitative estimate of drug-likeness (QED) is 0.292. The minimum Gasteiger partial charge on any atom is -0.492 e. The number of amides is 2. The Morgan fingerprint density at radius 3 is 2.47 bits per heavy atom. The van der Waals surface area contributed by atoms with Crippen LogP contribution in [0.25, 0.3) is 16.5 Å². The van der Waals surface area contributed by atoms with Crippen molar-refractivity contribution in [1.29, 1.82) is 0 Å². The smallest absolute Gasteiger partial charge is 0.324 e. The van der Waals surface area contributed by atoms with Crippen molar-refractivity contribution >= 4 is 34.1 Å². The van der Waals surface area contributed by atoms with Crippen molar-refractivity contribution in [2.24, 2.45) is 0 Å². The molecule has 0 saturated heterocycles. The number of carbonyl (C=O) groups excluding carboxylic acids is 1. The lowest BCUT2D eigenvalue weighted by atomic mass is 10.1. The molecule has 9 nitrogen and oxygen atoms in total. The zero-order valence-corrected chi connectivity index (χ0v) is 17.8. The number of nitrogen functional groups attached to an aromatic ring is 1. The molecule has 5 aromatic rings. The molecule has 3 aromatic carbocycles. The fourth-order valence-corrected chi connectivity index (χ4v) is 3.58. The number of nitrogens with two attached hydrogens (primary N) is 1. The number of nitrogens with zero attached hydrogens (tertiary/aromatic N) is 3. The van der Waals surface area contributed by atoms with E-state index < -0.39 is 6.03 Å². The fraction of sp³-hybridized carbons (Fsp3) is 0. The molecule has 0 spiro atoms. The predicted octanol–water partition coefficient (Wildman–Crippen LogP) is 5.14. The molecule has 5 rings (SSSR count). The third-order valence-electron chi connectivity index (χ3n) is 5.05. The molecule has 5 N–H and O–H groups in total. The second-order valence-corrected chi connectivity index (χ2v) is 7.39. The van der Waals surface area contributed by atoms with E-state index in [9.17, 15) is 9.90 Å². The van der Waals surface area contributed by atoms with E-state index in [-0.39, 0.29) is 5.88 Å². The summed E-state index contributed by atoms with van der Waals surface area (Å²) in [5.74, 6) is 1.64. The summed E-state index contributed by atoms with van der Waals surface area (Å²) in [6.07, 6.45) is 1.57. The Hall–Kier alpha value is -5.05. The van der Waals surface area contributed by atoms with Crippen molar-refractivity contribution in [3.63, 3.8) is 0 Å². The summed E-state index contributed by atoms with van der Waals surface area (Å²) >= 11 is 0. The van der Waals surface area contributed by atoms with Gasteiger partial charge in [-0.05, 0) is 30.3 Å². The first-order valence-electron chi connectivity index (χ1n) is 10.4. The minimum atomic E-state index is -0.488. The van der Waals surface area contributed by atoms with E-state index in [0.29, 0.717) is 34.5 Å². The molecule has 168 valence electrons. The summed E-state index contributed by atoms with van der Waals surface area (Å²) in [6.45, 7) is 0. The number of aromatic nitrogens is 3. The van der Waals surface area contributed by atoms with Crippen molar-refractivity contribution in [1.82, 2.24) is 14.8 Å². The third kappa shape index (κ3) is 4.30. The van der Waals surface area contributed by atoms with Crippen LogP contribution in [-0.4, -0.2) is 25.9 Å². The van der Waals surface area contributed by atoms with Crippen molar-refractivity contribution in [3.8, 4) is 23.1 Å². The average molecular weight is 452 g/mol. The molecular weight excluding hydrogens is 432 g/mol. The van der Waals surface area contributed by atoms with Gasteiger partial charge in [0.1, 0.15) is 23.1 Å². The van der Waals surface area contributed by atoms with Crippen LogP contribution < -0.4 is 21.1 Å². The number of rotatable bonds is 5. The maximum Gasteiger partial charge on any atom is 0.324 e. The number of anilines is 3. The molecule has 0 aliphatic heterocycles. The van der Waals surface area contributed by atoms with Crippen molar-refractivity contribution in [2.75, 3.05) is 16.4 Å². The molecule has 0 aliphatic carbocycles. The largest absolute Gasteiger partial charge is 0.492 e. The molecule has 0 bridgehead atoms. The maximum atomic E-state index is 12.8. The van der Waals surface area contributed by atoms with Crippen molar-refractivity contribution in [3.05, 3.63) is 91.1 Å². The standard InChI is InChI=1S/C25H20N6O3/c26-22-14-17(12-13-27-22)34-21-11-10-20(18-8-4-5-9-19(18)21)28-25(33)29-23-15-24(32)30-31(23)16-6-2-1-3-7-16/h1-15H,(H2,26,27)(H,30,32)(H2,28,29,33). The van der Waals surface area contributed by atoms with E-state index in [1.165, 1.54) is 10.7 Å². The number of nitrogens with one attached hydrogen (secondary N) is 2. The van der Waals surface area contributed by atoms with Gasteiger partial charge in [-0.15, -0.1) is 5.10 Å². The molecule has 2 aromatic heterocycles. The van der Waals surface area contributed by atoms with E-state index in [4.69, 9.17) is 10.5 Å². The summed E-state index contributed by atoms with van der Waals surface area (Å²) in [6, 6.07) is 24.5. The lowest BCUT2D eigenvalue weighted by Gasteiger charge is -2.14. The molecule has 0 saturated carbocycles. The zero-order chi connectivity index (χ0) is 23.5. The number of fused-ring (bicyclic) bond motifs is 1. The molecule has 0 fully saturated rings. The summed E-state index contributed by atoms with van der Waals surface area (Å²) in [4.78, 5) is 16.8. The number of pyridine rings is 1. The van der Waals surface area contributed by atoms with Crippen LogP contribution in [0, 0.1) is 0 Å². The highest BCUT2D eigenvalue weighted by Crippen LogP contribution is 2.34. The highest BCUT2D eigenvalue weighted by atomic mass is 16.5. The van der Waals surface area contributed by atoms with Gasteiger partial charge in [-0.1, -0.05) is 42.5 Å². The van der Waals surface area contributed by atoms with Crippen LogP contribution >= 0.6 is 0 Å². The first kappa shape index (κ1) is 20.8. The molecule has 34 heavy (non-hydrogen) atoms. The lowest BCUT2D eigenvalue weighted by molar-refractivity contribution is 0.262. The minimum absolute atomic E-state index is 0.206. The van der Waals surface area contributed by atoms with Gasteiger partial charge in [0.2, 0.25) is 5.88 Å². The Morgan fingerprint density at radius 1 is 0.912 bits per heavy atom. The Bertz CT molecular complexity index is 1480. The summed E-state index contributed by atoms with van der Waals surface area (Å²) in [7, 11) is 0. The van der Waals surface area contributed by atoms with Gasteiger partial charge in [0.25, 0.3) is 0 Å². The Morgan fingerprint density at radius 2 is 1.68 bits per heavy atom. The van der Waals surface area contributed by atoms with Gasteiger partial charge >= 0.3 is 6.03 Å². The SMILES string of the molecule is Nc1cc(Oc2ccc(NC(=O)Nc3cc(O)nn3-c3ccccc3)c3ccccc23)ccn1. The molecular formula is C25H20N6O3. The Balaban J connectivity index is 1.40. The molecule has 0 aliphatic rings. The van der Waals surface area contributed by atoms with Gasteiger partial charge < -0.3 is 20.9 Å². The monoisotopic (exact) mass is 452 g/mol. The van der Waals surface area contributed by atoms with Gasteiger partial charge in [-0.3, -0.25) is 5.32 Å². The Kier molecular flexibility index (Phi) is 5.41. The van der Waals surface area contributed by atoms with Gasteiger partial charge in [-0.2, -0.15) is 0 Å². The molecule has 2 heterocycles. The number of carbonyl (C=O) groups is 1. The predicted molar refractivity (Wildman–Crippen MR) is 131 cm³/mol. The Labute approximate surface area is 194 Å². The van der Waals surface area contributed by atoms with E-state index in [1.807, 2.05) is 54.6 Å². The first-order valence-corrected chi connectivity index (χ1v) is 10.4. The van der Waals surface area contributed by atoms with Crippen LogP contribution in [0.2, 0.25) is 0 Å². The summed E-state index contributed by atoms with van der Waals surface area (Å²) in [5.41, 5.74) is 7.03. The molecule has 0 atom stereocenters. The van der Waals surface area contributed by atoms with Gasteiger partial charge in [0, 0.05) is 29.1 Å². The molecule has 2 amide bonds. The molecule has 0 unspecified atom stereocenters. The van der Waals surface area contributed by atoms with Crippen LogP contribution in [0.5, 0.6) is 17.4 Å². The molecule has 9 heteroatoms. The number of ether oxygens (including phenoxy) is 1. The fourth-order valence-electron chi connectivity index (χ4n) is 3.58. The molecule has 0 radical (unpaired) electrons. The van der Waals surface area contributed by atoms with Gasteiger partial charge in [0.15, 0.2) is 0 Å². The highest BCUT2D eigenvalue weighted by molar-refractivity contribution is 6.07. The second kappa shape index (κ2) is 8.83. The van der Waals surface area contributed by atoms with E-state index >= 15 is 0 Å². The number of urea groups is 1. The number of benzene rings is 3. The van der Waals surface area contributed by atoms with E-state index in [1.54, 1.807) is 30.5 Å². The van der Waals surface area contributed by atoms with Crippen LogP contribution in [0.3, 0.4) is 0 Å². The van der Waals surface area contributed by atoms with Crippen molar-refractivity contribution < 1.29 is 14.6 Å². The third-order valence-corrected chi connectivity index (χ3v) is 5.05. The maximum absolute atomic E-state index is 12.8. The summed E-state index contributed by atoms with van der Waals surface area (Å²) < 4.78 is 7.46. The summed E-state index contributed by atoms with van der Waals surface area (Å²) in [5, 5.41) is 21.1. The highest BCUT2D eigenvalue weighted by Gasteiger charge is 2.14. The van der Waals surface area contributed by atoms with Gasteiger partial charge in [-0.25, -0.2) is 14.5 Å². The van der Waals surface area contributed by atoms with Crippen LogP contribution in [0.4, 0.5) is 22.1 Å². The number of hydrogen-bond donors (Lipinski definition) is 4. The van der Waals surface area contributed by atoms with E-state index in [2.05, 4.69) is 20.7 Å². The lowest BCUT2D eigenvalue weighted by Crippen LogP contribution is -2.21. The zero-order valence-electron chi connectivity index (χ0n) is 17.8. The van der Waals surface area contributed by atoms with E-state index in [0.717, 1.165) is 10.8 Å². The van der Waals surface area contributed by atoms with Crippen LogP contribution in [0.15, 0.2) is 91.1 Å². The normalized spacial score (nSPS) is 10.7. The van der Waals surface area contributed by atoms with Gasteiger partial charge in [0.05, 0.1) is 11.4 Å². The number of aromatic hydroxyl groups is 1. The van der Waals surface area contributed by atoms with Crippen molar-refractivity contribution in [2.45, 2.75) is 0 Å².